The summed E-state index contributed by atoms with van der Waals surface area (Å²) in [5, 5.41) is 2.78. The van der Waals surface area contributed by atoms with Crippen molar-refractivity contribution in [3.8, 4) is 5.75 Å². The number of ether oxygens (including phenoxy) is 4. The summed E-state index contributed by atoms with van der Waals surface area (Å²) >= 11 is 0. The van der Waals surface area contributed by atoms with Crippen molar-refractivity contribution < 1.29 is 23.7 Å². The molecule has 0 fully saturated rings. The quantitative estimate of drug-likeness (QED) is 0.572. The van der Waals surface area contributed by atoms with Gasteiger partial charge in [0.2, 0.25) is 0 Å². The fraction of sp³-hybridized carbons (Fsp3) is 0.650. The average Bonchev–Trinajstić information content (AvgIpc) is 2.57. The largest absolute Gasteiger partial charge is 0.491 e. The monoisotopic (exact) mass is 367 g/mol. The maximum atomic E-state index is 11.5. The molecule has 0 aliphatic carbocycles. The summed E-state index contributed by atoms with van der Waals surface area (Å²) in [6.45, 7) is 8.45. The highest BCUT2D eigenvalue weighted by molar-refractivity contribution is 5.67. The van der Waals surface area contributed by atoms with Crippen molar-refractivity contribution in [2.45, 2.75) is 45.6 Å². The van der Waals surface area contributed by atoms with Crippen LogP contribution in [0.25, 0.3) is 0 Å². The minimum Gasteiger partial charge on any atom is -0.491 e. The number of rotatable bonds is 12. The zero-order chi connectivity index (χ0) is 19.3. The Bertz CT molecular complexity index is 496. The number of carbonyl (C=O) groups excluding carboxylic acids is 1. The number of methoxy groups -OCH3 is 1. The van der Waals surface area contributed by atoms with Crippen molar-refractivity contribution in [2.75, 3.05) is 40.1 Å². The van der Waals surface area contributed by atoms with E-state index in [-0.39, 0.29) is 6.09 Å². The highest BCUT2D eigenvalue weighted by Crippen LogP contribution is 2.14. The van der Waals surface area contributed by atoms with Crippen LogP contribution in [0.2, 0.25) is 0 Å². The van der Waals surface area contributed by atoms with Crippen molar-refractivity contribution in [1.29, 1.82) is 0 Å². The van der Waals surface area contributed by atoms with Gasteiger partial charge in [0.05, 0.1) is 19.8 Å². The van der Waals surface area contributed by atoms with Crippen molar-refractivity contribution in [2.24, 2.45) is 0 Å². The zero-order valence-electron chi connectivity index (χ0n) is 16.5. The van der Waals surface area contributed by atoms with Crippen LogP contribution >= 0.6 is 0 Å². The molecule has 6 heteroatoms. The first-order chi connectivity index (χ1) is 12.4. The van der Waals surface area contributed by atoms with Crippen LogP contribution in [0.4, 0.5) is 4.79 Å². The van der Waals surface area contributed by atoms with E-state index in [1.54, 1.807) is 7.11 Å². The van der Waals surface area contributed by atoms with E-state index in [0.717, 1.165) is 25.0 Å². The molecule has 0 saturated heterocycles. The zero-order valence-corrected chi connectivity index (χ0v) is 16.5. The van der Waals surface area contributed by atoms with Gasteiger partial charge in [0, 0.05) is 13.7 Å². The number of carbonyl (C=O) groups is 1. The van der Waals surface area contributed by atoms with Crippen LogP contribution in [-0.2, 0) is 20.6 Å². The predicted octanol–water partition coefficient (Wildman–Crippen LogP) is 3.58. The molecule has 26 heavy (non-hydrogen) atoms. The third-order valence-corrected chi connectivity index (χ3v) is 3.41. The highest BCUT2D eigenvalue weighted by Gasteiger charge is 2.15. The van der Waals surface area contributed by atoms with Crippen LogP contribution in [0, 0.1) is 0 Å². The van der Waals surface area contributed by atoms with Crippen LogP contribution < -0.4 is 10.1 Å². The van der Waals surface area contributed by atoms with Crippen LogP contribution in [-0.4, -0.2) is 51.8 Å². The maximum Gasteiger partial charge on any atom is 0.407 e. The van der Waals surface area contributed by atoms with Crippen molar-refractivity contribution in [3.63, 3.8) is 0 Å². The average molecular weight is 367 g/mol. The molecule has 0 spiro atoms. The Labute approximate surface area is 157 Å². The van der Waals surface area contributed by atoms with Crippen molar-refractivity contribution in [3.05, 3.63) is 29.8 Å². The van der Waals surface area contributed by atoms with Gasteiger partial charge in [-0.1, -0.05) is 12.1 Å². The second kappa shape index (κ2) is 12.5. The van der Waals surface area contributed by atoms with E-state index in [2.05, 4.69) is 17.4 Å². The first kappa shape index (κ1) is 22.3. The number of hydrogen-bond donors (Lipinski definition) is 1. The van der Waals surface area contributed by atoms with Gasteiger partial charge in [-0.05, 0) is 57.7 Å². The minimum absolute atomic E-state index is 0.356. The Balaban J connectivity index is 2.10. The predicted molar refractivity (Wildman–Crippen MR) is 102 cm³/mol. The molecule has 0 heterocycles. The molecule has 0 saturated carbocycles. The maximum absolute atomic E-state index is 11.5. The molecule has 1 amide bonds. The molecule has 1 rings (SSSR count). The molecule has 1 aromatic rings. The van der Waals surface area contributed by atoms with E-state index >= 15 is 0 Å². The van der Waals surface area contributed by atoms with Crippen LogP contribution in [0.1, 0.15) is 39.2 Å². The smallest absolute Gasteiger partial charge is 0.407 e. The number of alkyl carbamates (subject to hydrolysis) is 1. The fourth-order valence-corrected chi connectivity index (χ4v) is 2.17. The lowest BCUT2D eigenvalue weighted by Gasteiger charge is -2.19. The van der Waals surface area contributed by atoms with Gasteiger partial charge in [-0.3, -0.25) is 0 Å². The Morgan fingerprint density at radius 3 is 2.35 bits per heavy atom. The van der Waals surface area contributed by atoms with Gasteiger partial charge in [0.1, 0.15) is 18.0 Å². The fourth-order valence-electron chi connectivity index (χ4n) is 2.17. The number of aryl methyl sites for hydroxylation is 1. The second-order valence-corrected chi connectivity index (χ2v) is 6.98. The Kier molecular flexibility index (Phi) is 10.7. The molecule has 0 aromatic heterocycles. The molecule has 0 radical (unpaired) electrons. The summed E-state index contributed by atoms with van der Waals surface area (Å²) < 4.78 is 21.1. The first-order valence-corrected chi connectivity index (χ1v) is 9.16. The molecule has 0 bridgehead atoms. The third kappa shape index (κ3) is 11.7. The van der Waals surface area contributed by atoms with E-state index in [1.807, 2.05) is 32.9 Å². The lowest BCUT2D eigenvalue weighted by Crippen LogP contribution is -2.33. The standard InChI is InChI=1S/C20H33NO5/c1-20(2,3)26-19(22)21-12-6-5-7-17-8-10-18(11-9-17)25-16-15-24-14-13-23-4/h8-11H,5-7,12-16H2,1-4H3,(H,21,22). The van der Waals surface area contributed by atoms with Crippen molar-refractivity contribution >= 4 is 6.09 Å². The van der Waals surface area contributed by atoms with Gasteiger partial charge in [0.15, 0.2) is 0 Å². The number of nitrogens with one attached hydrogen (secondary N) is 1. The Morgan fingerprint density at radius 2 is 1.69 bits per heavy atom. The van der Waals surface area contributed by atoms with Gasteiger partial charge >= 0.3 is 6.09 Å². The normalized spacial score (nSPS) is 11.2. The lowest BCUT2D eigenvalue weighted by atomic mass is 10.1. The molecule has 0 aliphatic rings. The van der Waals surface area contributed by atoms with E-state index in [1.165, 1.54) is 5.56 Å². The topological polar surface area (TPSA) is 66.0 Å². The van der Waals surface area contributed by atoms with Gasteiger partial charge < -0.3 is 24.3 Å². The first-order valence-electron chi connectivity index (χ1n) is 9.16. The van der Waals surface area contributed by atoms with Gasteiger partial charge in [0.25, 0.3) is 0 Å². The van der Waals surface area contributed by atoms with Crippen LogP contribution in [0.5, 0.6) is 5.75 Å². The lowest BCUT2D eigenvalue weighted by molar-refractivity contribution is 0.0527. The molecule has 0 unspecified atom stereocenters. The summed E-state index contributed by atoms with van der Waals surface area (Å²) in [4.78, 5) is 11.5. The summed E-state index contributed by atoms with van der Waals surface area (Å²) in [5.74, 6) is 0.843. The number of unbranched alkanes of at least 4 members (excludes halogenated alkanes) is 1. The molecule has 0 atom stereocenters. The summed E-state index contributed by atoms with van der Waals surface area (Å²) in [7, 11) is 1.65. The SMILES string of the molecule is COCCOCCOc1ccc(CCCCNC(=O)OC(C)(C)C)cc1. The van der Waals surface area contributed by atoms with Gasteiger partial charge in [-0.15, -0.1) is 0 Å². The van der Waals surface area contributed by atoms with Gasteiger partial charge in [-0.2, -0.15) is 0 Å². The summed E-state index contributed by atoms with van der Waals surface area (Å²) in [6, 6.07) is 8.09. The minimum atomic E-state index is -0.454. The van der Waals surface area contributed by atoms with Gasteiger partial charge in [-0.25, -0.2) is 4.79 Å². The third-order valence-electron chi connectivity index (χ3n) is 3.41. The number of hydrogen-bond acceptors (Lipinski definition) is 5. The second-order valence-electron chi connectivity index (χ2n) is 6.98. The molecule has 1 aromatic carbocycles. The highest BCUT2D eigenvalue weighted by atomic mass is 16.6. The Morgan fingerprint density at radius 1 is 1.00 bits per heavy atom. The number of benzene rings is 1. The van der Waals surface area contributed by atoms with Crippen LogP contribution in [0.3, 0.4) is 0 Å². The number of amides is 1. The molecular weight excluding hydrogens is 334 g/mol. The molecule has 1 N–H and O–H groups in total. The van der Waals surface area contributed by atoms with E-state index < -0.39 is 5.60 Å². The molecular formula is C20H33NO5. The molecule has 6 nitrogen and oxygen atoms in total. The van der Waals surface area contributed by atoms with E-state index in [0.29, 0.717) is 33.0 Å². The van der Waals surface area contributed by atoms with Crippen LogP contribution in [0.15, 0.2) is 24.3 Å². The van der Waals surface area contributed by atoms with E-state index in [4.69, 9.17) is 18.9 Å². The van der Waals surface area contributed by atoms with Crippen molar-refractivity contribution in [1.82, 2.24) is 5.32 Å². The van der Waals surface area contributed by atoms with E-state index in [9.17, 15) is 4.79 Å². The summed E-state index contributed by atoms with van der Waals surface area (Å²) in [5.41, 5.74) is 0.801. The molecule has 0 aliphatic heterocycles. The Hall–Kier alpha value is -1.79. The summed E-state index contributed by atoms with van der Waals surface area (Å²) in [6.07, 6.45) is 2.53. The molecule has 148 valence electrons.